The van der Waals surface area contributed by atoms with Crippen LogP contribution in [0.1, 0.15) is 5.82 Å². The van der Waals surface area contributed by atoms with Gasteiger partial charge in [-0.3, -0.25) is 4.79 Å². The van der Waals surface area contributed by atoms with Crippen LogP contribution in [0.3, 0.4) is 0 Å². The number of fused-ring (bicyclic) bond motifs is 1. The number of carbonyl (C=O) groups excluding carboxylic acids is 1. The van der Waals surface area contributed by atoms with Crippen molar-refractivity contribution in [2.24, 2.45) is 0 Å². The number of amides is 1. The molecule has 1 N–H and O–H groups in total. The predicted molar refractivity (Wildman–Crippen MR) is 32.5 cm³/mol. The number of aromatic nitrogens is 2. The topological polar surface area (TPSA) is 45.9 Å². The second-order valence-corrected chi connectivity index (χ2v) is 2.12. The number of carbonyl (C=O) groups is 1. The Hall–Kier alpha value is -1.45. The molecule has 1 amide bonds. The Morgan fingerprint density at radius 2 is 2.60 bits per heavy atom. The summed E-state index contributed by atoms with van der Waals surface area (Å²) in [7, 11) is 0. The Morgan fingerprint density at radius 3 is 3.40 bits per heavy atom. The minimum atomic E-state index is -0.00120. The molecule has 1 aliphatic heterocycles. The Morgan fingerprint density at radius 1 is 1.70 bits per heavy atom. The third kappa shape index (κ3) is 0.655. The lowest BCUT2D eigenvalue weighted by molar-refractivity contribution is -0.645. The number of hydrogen-bond donors (Lipinski definition) is 1. The molecule has 0 aliphatic carbocycles. The van der Waals surface area contributed by atoms with Gasteiger partial charge >= 0.3 is 5.82 Å². The van der Waals surface area contributed by atoms with E-state index in [1.165, 1.54) is 0 Å². The van der Waals surface area contributed by atoms with Crippen molar-refractivity contribution in [1.82, 2.24) is 4.98 Å². The first-order valence-corrected chi connectivity index (χ1v) is 3.02. The molecule has 1 aromatic heterocycles. The monoisotopic (exact) mass is 136 g/mol. The zero-order valence-electron chi connectivity index (χ0n) is 5.24. The summed E-state index contributed by atoms with van der Waals surface area (Å²) in [6.07, 6.45) is 3.83. The van der Waals surface area contributed by atoms with Gasteiger partial charge in [0.25, 0.3) is 5.91 Å². The van der Waals surface area contributed by atoms with E-state index in [-0.39, 0.29) is 5.91 Å². The molecule has 0 aromatic carbocycles. The molecular formula is C6H6N3O+. The van der Waals surface area contributed by atoms with Crippen LogP contribution in [0.4, 0.5) is 0 Å². The zero-order valence-corrected chi connectivity index (χ0v) is 5.24. The van der Waals surface area contributed by atoms with E-state index in [0.29, 0.717) is 6.42 Å². The summed E-state index contributed by atoms with van der Waals surface area (Å²) in [4.78, 5) is 14.7. The molecule has 1 aliphatic rings. The van der Waals surface area contributed by atoms with Gasteiger partial charge in [-0.15, -0.1) is 4.68 Å². The molecule has 2 heterocycles. The Kier molecular flexibility index (Phi) is 0.943. The van der Waals surface area contributed by atoms with Gasteiger partial charge in [-0.2, -0.15) is 5.43 Å². The van der Waals surface area contributed by atoms with E-state index >= 15 is 0 Å². The van der Waals surface area contributed by atoms with Gasteiger partial charge in [0.2, 0.25) is 0 Å². The first-order chi connectivity index (χ1) is 4.86. The van der Waals surface area contributed by atoms with E-state index in [4.69, 9.17) is 0 Å². The van der Waals surface area contributed by atoms with Gasteiger partial charge in [0.15, 0.2) is 0 Å². The lowest BCUT2D eigenvalue weighted by Gasteiger charge is -1.87. The first kappa shape index (κ1) is 5.34. The average Bonchev–Trinajstić information content (AvgIpc) is 2.27. The van der Waals surface area contributed by atoms with E-state index < -0.39 is 0 Å². The Labute approximate surface area is 57.5 Å². The SMILES string of the molecule is O=C1Cc2nccc[n+]2N1. The van der Waals surface area contributed by atoms with E-state index in [2.05, 4.69) is 10.4 Å². The summed E-state index contributed by atoms with van der Waals surface area (Å²) in [5.41, 5.74) is 2.61. The number of hydrogen-bond acceptors (Lipinski definition) is 2. The molecule has 4 heteroatoms. The van der Waals surface area contributed by atoms with Crippen LogP contribution in [0, 0.1) is 0 Å². The second-order valence-electron chi connectivity index (χ2n) is 2.12. The summed E-state index contributed by atoms with van der Waals surface area (Å²) in [5.74, 6) is 0.770. The summed E-state index contributed by atoms with van der Waals surface area (Å²) < 4.78 is 1.63. The summed E-state index contributed by atoms with van der Waals surface area (Å²) in [6.45, 7) is 0. The van der Waals surface area contributed by atoms with Gasteiger partial charge in [0.05, 0.1) is 0 Å². The number of nitrogens with zero attached hydrogens (tertiary/aromatic N) is 2. The second kappa shape index (κ2) is 1.76. The maximum Gasteiger partial charge on any atom is 0.331 e. The van der Waals surface area contributed by atoms with Crippen molar-refractivity contribution in [2.45, 2.75) is 6.42 Å². The molecule has 2 rings (SSSR count). The highest BCUT2D eigenvalue weighted by molar-refractivity contribution is 5.84. The fraction of sp³-hybridized carbons (Fsp3) is 0.167. The lowest BCUT2D eigenvalue weighted by atomic mass is 10.4. The van der Waals surface area contributed by atoms with Gasteiger partial charge in [0.1, 0.15) is 18.8 Å². The molecule has 4 nitrogen and oxygen atoms in total. The molecule has 1 aromatic rings. The van der Waals surface area contributed by atoms with E-state index in [1.54, 1.807) is 23.1 Å². The maximum atomic E-state index is 10.7. The number of nitrogens with one attached hydrogen (secondary N) is 1. The smallest absolute Gasteiger partial charge is 0.271 e. The van der Waals surface area contributed by atoms with Crippen molar-refractivity contribution in [2.75, 3.05) is 5.43 Å². The molecule has 0 atom stereocenters. The van der Waals surface area contributed by atoms with Gasteiger partial charge in [-0.1, -0.05) is 4.98 Å². The van der Waals surface area contributed by atoms with Crippen LogP contribution < -0.4 is 10.1 Å². The molecule has 0 unspecified atom stereocenters. The largest absolute Gasteiger partial charge is 0.331 e. The molecule has 0 spiro atoms. The van der Waals surface area contributed by atoms with Crippen LogP contribution in [-0.2, 0) is 11.2 Å². The highest BCUT2D eigenvalue weighted by atomic mass is 16.2. The van der Waals surface area contributed by atoms with Crippen molar-refractivity contribution in [3.05, 3.63) is 24.3 Å². The predicted octanol–water partition coefficient (Wildman–Crippen LogP) is -1.00. The van der Waals surface area contributed by atoms with E-state index in [9.17, 15) is 4.79 Å². The van der Waals surface area contributed by atoms with Crippen LogP contribution >= 0.6 is 0 Å². The number of rotatable bonds is 0. The standard InChI is InChI=1S/C6H5N3O/c10-6-4-5-7-2-1-3-9(5)8-6/h1-3H,4H2/p+1. The zero-order chi connectivity index (χ0) is 6.97. The molecule has 0 bridgehead atoms. The van der Waals surface area contributed by atoms with Gasteiger partial charge in [-0.25, -0.2) is 0 Å². The summed E-state index contributed by atoms with van der Waals surface area (Å²) in [5, 5.41) is 0. The summed E-state index contributed by atoms with van der Waals surface area (Å²) in [6, 6.07) is 1.77. The van der Waals surface area contributed by atoms with Gasteiger partial charge < -0.3 is 0 Å². The maximum absolute atomic E-state index is 10.7. The molecule has 10 heavy (non-hydrogen) atoms. The van der Waals surface area contributed by atoms with E-state index in [0.717, 1.165) is 5.82 Å². The van der Waals surface area contributed by atoms with Gasteiger partial charge in [0, 0.05) is 6.07 Å². The van der Waals surface area contributed by atoms with E-state index in [1.807, 2.05) is 0 Å². The van der Waals surface area contributed by atoms with Crippen LogP contribution in [0.15, 0.2) is 18.5 Å². The third-order valence-electron chi connectivity index (χ3n) is 1.39. The fourth-order valence-corrected chi connectivity index (χ4v) is 0.952. The molecule has 0 radical (unpaired) electrons. The normalized spacial score (nSPS) is 14.6. The Balaban J connectivity index is 2.51. The summed E-state index contributed by atoms with van der Waals surface area (Å²) >= 11 is 0. The molecule has 0 fully saturated rings. The van der Waals surface area contributed by atoms with Crippen molar-refractivity contribution >= 4 is 5.91 Å². The van der Waals surface area contributed by atoms with Crippen molar-refractivity contribution < 1.29 is 9.47 Å². The van der Waals surface area contributed by atoms with Gasteiger partial charge in [-0.05, 0) is 0 Å². The molecular weight excluding hydrogens is 130 g/mol. The lowest BCUT2D eigenvalue weighted by Crippen LogP contribution is -2.43. The third-order valence-corrected chi connectivity index (χ3v) is 1.39. The highest BCUT2D eigenvalue weighted by Crippen LogP contribution is 1.92. The van der Waals surface area contributed by atoms with Crippen molar-refractivity contribution in [1.29, 1.82) is 0 Å². The highest BCUT2D eigenvalue weighted by Gasteiger charge is 2.24. The quantitative estimate of drug-likeness (QED) is 0.465. The minimum absolute atomic E-state index is 0.00120. The van der Waals surface area contributed by atoms with Crippen LogP contribution in [0.2, 0.25) is 0 Å². The average molecular weight is 136 g/mol. The van der Waals surface area contributed by atoms with Crippen LogP contribution in [-0.4, -0.2) is 10.9 Å². The van der Waals surface area contributed by atoms with Crippen molar-refractivity contribution in [3.8, 4) is 0 Å². The first-order valence-electron chi connectivity index (χ1n) is 3.02. The fourth-order valence-electron chi connectivity index (χ4n) is 0.952. The van der Waals surface area contributed by atoms with Crippen molar-refractivity contribution in [3.63, 3.8) is 0 Å². The Bertz CT molecular complexity index is 257. The van der Waals surface area contributed by atoms with Crippen LogP contribution in [0.25, 0.3) is 0 Å². The minimum Gasteiger partial charge on any atom is -0.271 e. The van der Waals surface area contributed by atoms with Crippen LogP contribution in [0.5, 0.6) is 0 Å². The molecule has 0 saturated heterocycles. The molecule has 0 saturated carbocycles. The molecule has 50 valence electrons.